The van der Waals surface area contributed by atoms with Gasteiger partial charge in [0.05, 0.1) is 21.3 Å². The number of hydrogen-bond donors (Lipinski definition) is 0. The normalized spacial score (nSPS) is 14.6. The van der Waals surface area contributed by atoms with Crippen molar-refractivity contribution < 1.29 is 19.0 Å². The summed E-state index contributed by atoms with van der Waals surface area (Å²) in [7, 11) is 4.71. The standard InChI is InChI=1S/C21H25NO4/c1-14-5-7-15(8-6-14)9-18(21(23)26-4)22-12-16-10-19(24-2)20(25-3)11-17(16)13-22/h5-8,10-11,18H,9,12-13H2,1-4H3/t18-/m0/s1. The van der Waals surface area contributed by atoms with Gasteiger partial charge in [0.15, 0.2) is 11.5 Å². The Hall–Kier alpha value is -2.53. The topological polar surface area (TPSA) is 48.0 Å². The second-order valence-electron chi connectivity index (χ2n) is 6.61. The van der Waals surface area contributed by atoms with E-state index in [2.05, 4.69) is 36.1 Å². The third-order valence-electron chi connectivity index (χ3n) is 4.92. The van der Waals surface area contributed by atoms with Gasteiger partial charge in [0.1, 0.15) is 6.04 Å². The van der Waals surface area contributed by atoms with Crippen molar-refractivity contribution in [2.24, 2.45) is 0 Å². The lowest BCUT2D eigenvalue weighted by molar-refractivity contribution is -0.147. The molecule has 0 N–H and O–H groups in total. The molecule has 2 aromatic carbocycles. The van der Waals surface area contributed by atoms with E-state index in [9.17, 15) is 4.79 Å². The van der Waals surface area contributed by atoms with Crippen molar-refractivity contribution in [2.45, 2.75) is 32.5 Å². The Balaban J connectivity index is 1.84. The van der Waals surface area contributed by atoms with Gasteiger partial charge in [0.2, 0.25) is 0 Å². The third kappa shape index (κ3) is 3.68. The molecule has 1 atom stereocenters. The Morgan fingerprint density at radius 2 is 1.54 bits per heavy atom. The molecule has 5 nitrogen and oxygen atoms in total. The Bertz CT molecular complexity index is 752. The first-order valence-corrected chi connectivity index (χ1v) is 8.67. The summed E-state index contributed by atoms with van der Waals surface area (Å²) in [6.07, 6.45) is 0.620. The van der Waals surface area contributed by atoms with E-state index in [1.165, 1.54) is 12.7 Å². The van der Waals surface area contributed by atoms with Gasteiger partial charge < -0.3 is 14.2 Å². The molecule has 0 aromatic heterocycles. The molecular weight excluding hydrogens is 330 g/mol. The molecule has 0 amide bonds. The number of rotatable bonds is 6. The van der Waals surface area contributed by atoms with Crippen LogP contribution in [0.4, 0.5) is 0 Å². The fourth-order valence-electron chi connectivity index (χ4n) is 3.42. The summed E-state index contributed by atoms with van der Waals surface area (Å²) >= 11 is 0. The summed E-state index contributed by atoms with van der Waals surface area (Å²) in [4.78, 5) is 14.6. The first-order valence-electron chi connectivity index (χ1n) is 8.67. The van der Waals surface area contributed by atoms with Crippen LogP contribution in [0.25, 0.3) is 0 Å². The van der Waals surface area contributed by atoms with Gasteiger partial charge in [0.25, 0.3) is 0 Å². The minimum Gasteiger partial charge on any atom is -0.493 e. The number of esters is 1. The molecule has 1 aliphatic heterocycles. The van der Waals surface area contributed by atoms with Crippen molar-refractivity contribution in [2.75, 3.05) is 21.3 Å². The zero-order valence-electron chi connectivity index (χ0n) is 15.7. The predicted molar refractivity (Wildman–Crippen MR) is 99.5 cm³/mol. The van der Waals surface area contributed by atoms with Crippen LogP contribution in [0.3, 0.4) is 0 Å². The molecular formula is C21H25NO4. The lowest BCUT2D eigenvalue weighted by atomic mass is 10.0. The van der Waals surface area contributed by atoms with E-state index in [1.54, 1.807) is 14.2 Å². The predicted octanol–water partition coefficient (Wildman–Crippen LogP) is 3.11. The highest BCUT2D eigenvalue weighted by Crippen LogP contribution is 2.36. The molecule has 0 saturated carbocycles. The molecule has 0 fully saturated rings. The molecule has 0 aliphatic carbocycles. The van der Waals surface area contributed by atoms with E-state index in [-0.39, 0.29) is 12.0 Å². The highest BCUT2D eigenvalue weighted by atomic mass is 16.5. The van der Waals surface area contributed by atoms with Gasteiger partial charge in [-0.3, -0.25) is 9.69 Å². The molecule has 0 spiro atoms. The van der Waals surface area contributed by atoms with Gasteiger partial charge >= 0.3 is 5.97 Å². The number of aryl methyl sites for hydroxylation is 1. The van der Waals surface area contributed by atoms with Gasteiger partial charge in [-0.15, -0.1) is 0 Å². The van der Waals surface area contributed by atoms with Crippen LogP contribution in [-0.4, -0.2) is 38.2 Å². The average molecular weight is 355 g/mol. The second-order valence-corrected chi connectivity index (χ2v) is 6.61. The van der Waals surface area contributed by atoms with Crippen LogP contribution in [0.15, 0.2) is 36.4 Å². The molecule has 0 radical (unpaired) electrons. The quantitative estimate of drug-likeness (QED) is 0.745. The maximum absolute atomic E-state index is 12.5. The molecule has 26 heavy (non-hydrogen) atoms. The summed E-state index contributed by atoms with van der Waals surface area (Å²) in [6.45, 7) is 3.42. The van der Waals surface area contributed by atoms with Gasteiger partial charge in [-0.25, -0.2) is 0 Å². The van der Waals surface area contributed by atoms with Crippen molar-refractivity contribution >= 4 is 5.97 Å². The number of nitrogens with zero attached hydrogens (tertiary/aromatic N) is 1. The largest absolute Gasteiger partial charge is 0.493 e. The van der Waals surface area contributed by atoms with Gasteiger partial charge in [-0.2, -0.15) is 0 Å². The summed E-state index contributed by atoms with van der Waals surface area (Å²) < 4.78 is 15.9. The summed E-state index contributed by atoms with van der Waals surface area (Å²) in [5.74, 6) is 1.21. The van der Waals surface area contributed by atoms with Crippen LogP contribution < -0.4 is 9.47 Å². The summed E-state index contributed by atoms with van der Waals surface area (Å²) in [5, 5.41) is 0. The van der Waals surface area contributed by atoms with Crippen LogP contribution in [0.2, 0.25) is 0 Å². The number of methoxy groups -OCH3 is 3. The fraction of sp³-hybridized carbons (Fsp3) is 0.381. The highest BCUT2D eigenvalue weighted by molar-refractivity contribution is 5.76. The third-order valence-corrected chi connectivity index (χ3v) is 4.92. The maximum Gasteiger partial charge on any atom is 0.323 e. The van der Waals surface area contributed by atoms with Crippen LogP contribution in [-0.2, 0) is 29.0 Å². The van der Waals surface area contributed by atoms with Crippen LogP contribution in [0.5, 0.6) is 11.5 Å². The van der Waals surface area contributed by atoms with Crippen LogP contribution in [0, 0.1) is 6.92 Å². The lowest BCUT2D eigenvalue weighted by Crippen LogP contribution is -2.40. The Labute approximate surface area is 154 Å². The number of carbonyl (C=O) groups is 1. The molecule has 0 unspecified atom stereocenters. The van der Waals surface area contributed by atoms with Crippen LogP contribution >= 0.6 is 0 Å². The monoisotopic (exact) mass is 355 g/mol. The minimum atomic E-state index is -0.327. The zero-order chi connectivity index (χ0) is 18.7. The van der Waals surface area contributed by atoms with E-state index < -0.39 is 0 Å². The molecule has 5 heteroatoms. The smallest absolute Gasteiger partial charge is 0.323 e. The number of fused-ring (bicyclic) bond motifs is 1. The van der Waals surface area contributed by atoms with Gasteiger partial charge in [-0.1, -0.05) is 29.8 Å². The van der Waals surface area contributed by atoms with E-state index in [0.717, 1.165) is 16.7 Å². The van der Waals surface area contributed by atoms with E-state index in [1.807, 2.05) is 12.1 Å². The highest BCUT2D eigenvalue weighted by Gasteiger charge is 2.32. The number of benzene rings is 2. The van der Waals surface area contributed by atoms with Gasteiger partial charge in [0, 0.05) is 13.1 Å². The van der Waals surface area contributed by atoms with Crippen molar-refractivity contribution in [1.29, 1.82) is 0 Å². The fourth-order valence-corrected chi connectivity index (χ4v) is 3.42. The Morgan fingerprint density at radius 1 is 1.00 bits per heavy atom. The second kappa shape index (κ2) is 7.79. The number of carbonyl (C=O) groups excluding carboxylic acids is 1. The van der Waals surface area contributed by atoms with Crippen molar-refractivity contribution in [3.8, 4) is 11.5 Å². The number of hydrogen-bond acceptors (Lipinski definition) is 5. The molecule has 1 aliphatic rings. The summed E-state index contributed by atoms with van der Waals surface area (Å²) in [5.41, 5.74) is 4.63. The van der Waals surface area contributed by atoms with Crippen LogP contribution in [0.1, 0.15) is 22.3 Å². The average Bonchev–Trinajstić information content (AvgIpc) is 3.08. The Kier molecular flexibility index (Phi) is 5.47. The maximum atomic E-state index is 12.5. The molecule has 0 bridgehead atoms. The molecule has 1 heterocycles. The van der Waals surface area contributed by atoms with Crippen molar-refractivity contribution in [3.63, 3.8) is 0 Å². The van der Waals surface area contributed by atoms with E-state index in [4.69, 9.17) is 14.2 Å². The van der Waals surface area contributed by atoms with Gasteiger partial charge in [-0.05, 0) is 42.2 Å². The van der Waals surface area contributed by atoms with E-state index in [0.29, 0.717) is 31.0 Å². The van der Waals surface area contributed by atoms with E-state index >= 15 is 0 Å². The molecule has 2 aromatic rings. The van der Waals surface area contributed by atoms with Crippen molar-refractivity contribution in [1.82, 2.24) is 4.90 Å². The first kappa shape index (κ1) is 18.3. The molecule has 138 valence electrons. The summed E-state index contributed by atoms with van der Waals surface area (Å²) in [6, 6.07) is 11.9. The van der Waals surface area contributed by atoms with Crippen molar-refractivity contribution in [3.05, 3.63) is 58.7 Å². The minimum absolute atomic E-state index is 0.211. The molecule has 3 rings (SSSR count). The SMILES string of the molecule is COC(=O)[C@H](Cc1ccc(C)cc1)N1Cc2cc(OC)c(OC)cc2C1. The zero-order valence-corrected chi connectivity index (χ0v) is 15.7. The Morgan fingerprint density at radius 3 is 2.00 bits per heavy atom. The first-order chi connectivity index (χ1) is 12.5. The number of ether oxygens (including phenoxy) is 3. The lowest BCUT2D eigenvalue weighted by Gasteiger charge is -2.25. The molecule has 0 saturated heterocycles.